The molecule has 1 atom stereocenters. The molecule has 19 heavy (non-hydrogen) atoms. The van der Waals surface area contributed by atoms with Gasteiger partial charge in [0.15, 0.2) is 0 Å². The van der Waals surface area contributed by atoms with Crippen LogP contribution in [-0.4, -0.2) is 24.9 Å². The molecule has 104 valence electrons. The van der Waals surface area contributed by atoms with E-state index in [9.17, 15) is 9.59 Å². The summed E-state index contributed by atoms with van der Waals surface area (Å²) in [5.74, 6) is -0.0664. The number of carbonyl (C=O) groups excluding carboxylic acids is 2. The molecule has 0 saturated carbocycles. The van der Waals surface area contributed by atoms with Gasteiger partial charge in [0.25, 0.3) is 5.91 Å². The van der Waals surface area contributed by atoms with E-state index in [0.717, 1.165) is 0 Å². The Morgan fingerprint density at radius 2 is 2.00 bits per heavy atom. The SMILES string of the molecule is CNC(=O)c1cccc(NC(=O)[C@@H](N)CC(C)C)c1. The molecular formula is C14H21N3O2. The lowest BCUT2D eigenvalue weighted by molar-refractivity contribution is -0.117. The maximum Gasteiger partial charge on any atom is 0.251 e. The van der Waals surface area contributed by atoms with Gasteiger partial charge in [-0.05, 0) is 30.5 Å². The summed E-state index contributed by atoms with van der Waals surface area (Å²) in [6.07, 6.45) is 0.626. The van der Waals surface area contributed by atoms with Crippen LogP contribution in [-0.2, 0) is 4.79 Å². The summed E-state index contributed by atoms with van der Waals surface area (Å²) in [4.78, 5) is 23.3. The molecule has 0 aromatic heterocycles. The van der Waals surface area contributed by atoms with E-state index in [-0.39, 0.29) is 11.8 Å². The van der Waals surface area contributed by atoms with Crippen molar-refractivity contribution in [1.29, 1.82) is 0 Å². The molecule has 5 nitrogen and oxygen atoms in total. The fraction of sp³-hybridized carbons (Fsp3) is 0.429. The van der Waals surface area contributed by atoms with Gasteiger partial charge in [-0.1, -0.05) is 19.9 Å². The molecule has 0 heterocycles. The Bertz CT molecular complexity index is 458. The molecule has 0 spiro atoms. The number of amides is 2. The lowest BCUT2D eigenvalue weighted by atomic mass is 10.0. The topological polar surface area (TPSA) is 84.2 Å². The Kier molecular flexibility index (Phi) is 5.51. The molecule has 4 N–H and O–H groups in total. The minimum absolute atomic E-state index is 0.192. The van der Waals surface area contributed by atoms with Gasteiger partial charge in [-0.15, -0.1) is 0 Å². The predicted octanol–water partition coefficient (Wildman–Crippen LogP) is 1.36. The van der Waals surface area contributed by atoms with Crippen LogP contribution in [0.15, 0.2) is 24.3 Å². The number of anilines is 1. The van der Waals surface area contributed by atoms with Gasteiger partial charge in [-0.3, -0.25) is 9.59 Å². The van der Waals surface area contributed by atoms with Gasteiger partial charge >= 0.3 is 0 Å². The lowest BCUT2D eigenvalue weighted by Gasteiger charge is -2.14. The van der Waals surface area contributed by atoms with Crippen LogP contribution in [0.3, 0.4) is 0 Å². The first-order valence-corrected chi connectivity index (χ1v) is 6.32. The third-order valence-electron chi connectivity index (χ3n) is 2.68. The number of carbonyl (C=O) groups is 2. The molecule has 5 heteroatoms. The number of nitrogens with one attached hydrogen (secondary N) is 2. The predicted molar refractivity (Wildman–Crippen MR) is 75.9 cm³/mol. The van der Waals surface area contributed by atoms with E-state index in [4.69, 9.17) is 5.73 Å². The molecule has 2 amide bonds. The van der Waals surface area contributed by atoms with Gasteiger partial charge in [0, 0.05) is 18.3 Å². The van der Waals surface area contributed by atoms with E-state index in [2.05, 4.69) is 10.6 Å². The molecule has 0 aliphatic carbocycles. The zero-order valence-corrected chi connectivity index (χ0v) is 11.6. The Balaban J connectivity index is 2.72. The van der Waals surface area contributed by atoms with Crippen molar-refractivity contribution in [3.05, 3.63) is 29.8 Å². The zero-order chi connectivity index (χ0) is 14.4. The number of nitrogens with two attached hydrogens (primary N) is 1. The summed E-state index contributed by atoms with van der Waals surface area (Å²) in [5, 5.41) is 5.26. The van der Waals surface area contributed by atoms with Crippen LogP contribution in [0.1, 0.15) is 30.6 Å². The second-order valence-corrected chi connectivity index (χ2v) is 4.89. The van der Waals surface area contributed by atoms with Gasteiger partial charge in [0.05, 0.1) is 6.04 Å². The number of hydrogen-bond donors (Lipinski definition) is 3. The monoisotopic (exact) mass is 263 g/mol. The molecule has 0 aliphatic heterocycles. The quantitative estimate of drug-likeness (QED) is 0.750. The highest BCUT2D eigenvalue weighted by atomic mass is 16.2. The molecule has 1 aromatic rings. The van der Waals surface area contributed by atoms with Crippen molar-refractivity contribution in [1.82, 2.24) is 5.32 Å². The van der Waals surface area contributed by atoms with Crippen LogP contribution in [0.25, 0.3) is 0 Å². The smallest absolute Gasteiger partial charge is 0.251 e. The van der Waals surface area contributed by atoms with Gasteiger partial charge in [0.1, 0.15) is 0 Å². The van der Waals surface area contributed by atoms with Crippen molar-refractivity contribution in [2.24, 2.45) is 11.7 Å². The van der Waals surface area contributed by atoms with E-state index in [1.165, 1.54) is 0 Å². The molecular weight excluding hydrogens is 242 g/mol. The molecule has 0 unspecified atom stereocenters. The van der Waals surface area contributed by atoms with Crippen molar-refractivity contribution in [3.63, 3.8) is 0 Å². The number of rotatable bonds is 5. The summed E-state index contributed by atoms with van der Waals surface area (Å²) >= 11 is 0. The van der Waals surface area contributed by atoms with Gasteiger partial charge in [-0.2, -0.15) is 0 Å². The third-order valence-corrected chi connectivity index (χ3v) is 2.68. The highest BCUT2D eigenvalue weighted by Crippen LogP contribution is 2.12. The second-order valence-electron chi connectivity index (χ2n) is 4.89. The Hall–Kier alpha value is -1.88. The second kappa shape index (κ2) is 6.89. The maximum absolute atomic E-state index is 11.9. The first-order valence-electron chi connectivity index (χ1n) is 6.32. The fourth-order valence-electron chi connectivity index (χ4n) is 1.73. The van der Waals surface area contributed by atoms with E-state index < -0.39 is 6.04 Å². The van der Waals surface area contributed by atoms with E-state index >= 15 is 0 Å². The molecule has 0 aliphatic rings. The van der Waals surface area contributed by atoms with Gasteiger partial charge < -0.3 is 16.4 Å². The fourth-order valence-corrected chi connectivity index (χ4v) is 1.73. The summed E-state index contributed by atoms with van der Waals surface area (Å²) in [6.45, 7) is 4.03. The molecule has 0 bridgehead atoms. The standard InChI is InChI=1S/C14H21N3O2/c1-9(2)7-12(15)14(19)17-11-6-4-5-10(8-11)13(18)16-3/h4-6,8-9,12H,7,15H2,1-3H3,(H,16,18)(H,17,19)/t12-/m0/s1. The number of hydrogen-bond acceptors (Lipinski definition) is 3. The highest BCUT2D eigenvalue weighted by molar-refractivity contribution is 5.98. The largest absolute Gasteiger partial charge is 0.355 e. The van der Waals surface area contributed by atoms with Crippen molar-refractivity contribution >= 4 is 17.5 Å². The van der Waals surface area contributed by atoms with Crippen LogP contribution in [0.5, 0.6) is 0 Å². The summed E-state index contributed by atoms with van der Waals surface area (Å²) in [7, 11) is 1.56. The third kappa shape index (κ3) is 4.71. The minimum Gasteiger partial charge on any atom is -0.355 e. The van der Waals surface area contributed by atoms with Crippen molar-refractivity contribution in [2.75, 3.05) is 12.4 Å². The molecule has 1 rings (SSSR count). The first-order chi connectivity index (χ1) is 8.93. The Morgan fingerprint density at radius 1 is 1.32 bits per heavy atom. The lowest BCUT2D eigenvalue weighted by Crippen LogP contribution is -2.36. The zero-order valence-electron chi connectivity index (χ0n) is 11.6. The van der Waals surface area contributed by atoms with E-state index in [0.29, 0.717) is 23.6 Å². The van der Waals surface area contributed by atoms with Crippen molar-refractivity contribution in [3.8, 4) is 0 Å². The Labute approximate surface area is 113 Å². The van der Waals surface area contributed by atoms with Gasteiger partial charge in [0.2, 0.25) is 5.91 Å². The number of benzene rings is 1. The van der Waals surface area contributed by atoms with Crippen LogP contribution in [0.4, 0.5) is 5.69 Å². The minimum atomic E-state index is -0.538. The average molecular weight is 263 g/mol. The summed E-state index contributed by atoms with van der Waals surface area (Å²) in [5.41, 5.74) is 6.87. The summed E-state index contributed by atoms with van der Waals surface area (Å²) in [6, 6.07) is 6.21. The van der Waals surface area contributed by atoms with Gasteiger partial charge in [-0.25, -0.2) is 0 Å². The van der Waals surface area contributed by atoms with Crippen LogP contribution >= 0.6 is 0 Å². The first kappa shape index (κ1) is 15.2. The van der Waals surface area contributed by atoms with Crippen LogP contribution in [0.2, 0.25) is 0 Å². The van der Waals surface area contributed by atoms with Crippen LogP contribution < -0.4 is 16.4 Å². The maximum atomic E-state index is 11.9. The van der Waals surface area contributed by atoms with Crippen molar-refractivity contribution < 1.29 is 9.59 Å². The molecule has 0 fully saturated rings. The molecule has 0 saturated heterocycles. The summed E-state index contributed by atoms with van der Waals surface area (Å²) < 4.78 is 0. The molecule has 1 aromatic carbocycles. The van der Waals surface area contributed by atoms with E-state index in [1.54, 1.807) is 31.3 Å². The normalized spacial score (nSPS) is 12.1. The Morgan fingerprint density at radius 3 is 2.58 bits per heavy atom. The molecule has 0 radical (unpaired) electrons. The highest BCUT2D eigenvalue weighted by Gasteiger charge is 2.15. The van der Waals surface area contributed by atoms with Crippen molar-refractivity contribution in [2.45, 2.75) is 26.3 Å². The average Bonchev–Trinajstić information content (AvgIpc) is 2.37. The van der Waals surface area contributed by atoms with E-state index in [1.807, 2.05) is 13.8 Å². The van der Waals surface area contributed by atoms with Crippen LogP contribution in [0, 0.1) is 5.92 Å².